The summed E-state index contributed by atoms with van der Waals surface area (Å²) in [6.45, 7) is 4.17. The van der Waals surface area contributed by atoms with Gasteiger partial charge in [0.05, 0.1) is 18.2 Å². The van der Waals surface area contributed by atoms with E-state index in [1.54, 1.807) is 30.0 Å². The molecule has 1 aromatic rings. The Kier molecular flexibility index (Phi) is 5.01. The number of hydrogen-bond acceptors (Lipinski definition) is 4. The van der Waals surface area contributed by atoms with Crippen LogP contribution in [-0.2, 0) is 14.3 Å². The van der Waals surface area contributed by atoms with Crippen LogP contribution in [-0.4, -0.2) is 49.0 Å². The van der Waals surface area contributed by atoms with Crippen molar-refractivity contribution < 1.29 is 19.0 Å². The van der Waals surface area contributed by atoms with Crippen molar-refractivity contribution in [2.24, 2.45) is 0 Å². The molecule has 2 fully saturated rings. The summed E-state index contributed by atoms with van der Waals surface area (Å²) in [6.07, 6.45) is 0.758. The number of likely N-dealkylation sites (tertiary alicyclic amines) is 1. The lowest BCUT2D eigenvalue weighted by Crippen LogP contribution is -2.50. The van der Waals surface area contributed by atoms with Gasteiger partial charge in [0.25, 0.3) is 5.91 Å². The minimum atomic E-state index is -0.617. The first-order valence-corrected chi connectivity index (χ1v) is 8.43. The molecular formula is C16H19Cl2NO4. The van der Waals surface area contributed by atoms with Crippen molar-refractivity contribution in [3.63, 3.8) is 0 Å². The predicted molar refractivity (Wildman–Crippen MR) is 87.0 cm³/mol. The lowest BCUT2D eigenvalue weighted by molar-refractivity contribution is -0.188. The average Bonchev–Trinajstić information content (AvgIpc) is 2.98. The summed E-state index contributed by atoms with van der Waals surface area (Å²) < 4.78 is 17.0. The van der Waals surface area contributed by atoms with Gasteiger partial charge in [0, 0.05) is 31.0 Å². The van der Waals surface area contributed by atoms with Gasteiger partial charge >= 0.3 is 0 Å². The van der Waals surface area contributed by atoms with Gasteiger partial charge in [0.1, 0.15) is 5.75 Å². The van der Waals surface area contributed by atoms with Gasteiger partial charge in [-0.05, 0) is 25.1 Å². The van der Waals surface area contributed by atoms with Crippen LogP contribution in [0, 0.1) is 0 Å². The minimum Gasteiger partial charge on any atom is -0.479 e. The topological polar surface area (TPSA) is 48.0 Å². The van der Waals surface area contributed by atoms with E-state index in [-0.39, 0.29) is 5.91 Å². The van der Waals surface area contributed by atoms with Crippen molar-refractivity contribution in [2.45, 2.75) is 31.7 Å². The van der Waals surface area contributed by atoms with E-state index in [1.807, 2.05) is 0 Å². The smallest absolute Gasteiger partial charge is 0.263 e. The first-order chi connectivity index (χ1) is 11.0. The normalized spacial score (nSPS) is 21.4. The molecule has 23 heavy (non-hydrogen) atoms. The van der Waals surface area contributed by atoms with Gasteiger partial charge in [-0.3, -0.25) is 4.79 Å². The second-order valence-electron chi connectivity index (χ2n) is 5.77. The lowest BCUT2D eigenvalue weighted by atomic mass is 10.0. The van der Waals surface area contributed by atoms with E-state index in [0.29, 0.717) is 54.9 Å². The monoisotopic (exact) mass is 359 g/mol. The van der Waals surface area contributed by atoms with E-state index < -0.39 is 11.9 Å². The molecule has 126 valence electrons. The molecule has 1 spiro atoms. The minimum absolute atomic E-state index is 0.0659. The Morgan fingerprint density at radius 2 is 1.91 bits per heavy atom. The van der Waals surface area contributed by atoms with E-state index in [0.717, 1.165) is 0 Å². The van der Waals surface area contributed by atoms with Gasteiger partial charge in [0.2, 0.25) is 0 Å². The number of benzene rings is 1. The van der Waals surface area contributed by atoms with Crippen molar-refractivity contribution in [1.82, 2.24) is 4.90 Å². The molecule has 0 N–H and O–H groups in total. The highest BCUT2D eigenvalue weighted by Gasteiger charge is 2.41. The molecule has 5 nitrogen and oxygen atoms in total. The van der Waals surface area contributed by atoms with Crippen molar-refractivity contribution in [2.75, 3.05) is 26.3 Å². The molecule has 0 saturated carbocycles. The third kappa shape index (κ3) is 3.74. The van der Waals surface area contributed by atoms with Gasteiger partial charge in [-0.1, -0.05) is 23.2 Å². The zero-order chi connectivity index (χ0) is 16.4. The van der Waals surface area contributed by atoms with Crippen LogP contribution in [0.5, 0.6) is 5.75 Å². The fourth-order valence-electron chi connectivity index (χ4n) is 2.92. The first kappa shape index (κ1) is 16.8. The molecule has 2 aliphatic heterocycles. The Labute approximate surface area is 145 Å². The SMILES string of the molecule is C[C@H](Oc1ccc(Cl)cc1Cl)C(=O)N1CCC2(CC1)OCCO2. The molecule has 0 aromatic heterocycles. The third-order valence-electron chi connectivity index (χ3n) is 4.20. The second kappa shape index (κ2) is 6.85. The number of rotatable bonds is 3. The van der Waals surface area contributed by atoms with Crippen LogP contribution in [0.2, 0.25) is 10.0 Å². The number of halogens is 2. The Morgan fingerprint density at radius 3 is 2.52 bits per heavy atom. The fourth-order valence-corrected chi connectivity index (χ4v) is 3.38. The standard InChI is InChI=1S/C16H19Cl2NO4/c1-11(23-14-3-2-12(17)10-13(14)18)15(20)19-6-4-16(5-7-19)21-8-9-22-16/h2-3,10-11H,4-9H2,1H3/t11-/m0/s1. The third-order valence-corrected chi connectivity index (χ3v) is 4.73. The Bertz CT molecular complexity index is 579. The zero-order valence-electron chi connectivity index (χ0n) is 12.9. The molecule has 7 heteroatoms. The van der Waals surface area contributed by atoms with Gasteiger partial charge < -0.3 is 19.1 Å². The number of amides is 1. The number of carbonyl (C=O) groups excluding carboxylic acids is 1. The lowest BCUT2D eigenvalue weighted by Gasteiger charge is -2.38. The van der Waals surface area contributed by atoms with Gasteiger partial charge in [-0.25, -0.2) is 0 Å². The van der Waals surface area contributed by atoms with Crippen molar-refractivity contribution >= 4 is 29.1 Å². The van der Waals surface area contributed by atoms with Gasteiger partial charge in [0.15, 0.2) is 11.9 Å². The van der Waals surface area contributed by atoms with E-state index in [1.165, 1.54) is 0 Å². The molecule has 3 rings (SSSR count). The number of nitrogens with zero attached hydrogens (tertiary/aromatic N) is 1. The molecule has 0 aliphatic carbocycles. The second-order valence-corrected chi connectivity index (χ2v) is 6.61. The van der Waals surface area contributed by atoms with Crippen LogP contribution in [0.4, 0.5) is 0 Å². The molecule has 0 unspecified atom stereocenters. The van der Waals surface area contributed by atoms with E-state index >= 15 is 0 Å². The summed E-state index contributed by atoms with van der Waals surface area (Å²) >= 11 is 11.9. The number of hydrogen-bond donors (Lipinski definition) is 0. The van der Waals surface area contributed by atoms with Crippen molar-refractivity contribution in [3.8, 4) is 5.75 Å². The highest BCUT2D eigenvalue weighted by Crippen LogP contribution is 2.32. The number of carbonyl (C=O) groups is 1. The van der Waals surface area contributed by atoms with Crippen LogP contribution in [0.3, 0.4) is 0 Å². The zero-order valence-corrected chi connectivity index (χ0v) is 14.4. The maximum absolute atomic E-state index is 12.5. The summed E-state index contributed by atoms with van der Waals surface area (Å²) in [6, 6.07) is 4.94. The summed E-state index contributed by atoms with van der Waals surface area (Å²) in [5, 5.41) is 0.918. The quantitative estimate of drug-likeness (QED) is 0.831. The van der Waals surface area contributed by atoms with Crippen LogP contribution >= 0.6 is 23.2 Å². The molecular weight excluding hydrogens is 341 g/mol. The van der Waals surface area contributed by atoms with Crippen LogP contribution < -0.4 is 4.74 Å². The van der Waals surface area contributed by atoms with E-state index in [2.05, 4.69) is 0 Å². The predicted octanol–water partition coefficient (Wildman–Crippen LogP) is 3.13. The van der Waals surface area contributed by atoms with E-state index in [4.69, 9.17) is 37.4 Å². The molecule has 2 saturated heterocycles. The highest BCUT2D eigenvalue weighted by atomic mass is 35.5. The van der Waals surface area contributed by atoms with Crippen LogP contribution in [0.1, 0.15) is 19.8 Å². The summed E-state index contributed by atoms with van der Waals surface area (Å²) in [5.41, 5.74) is 0. The highest BCUT2D eigenvalue weighted by molar-refractivity contribution is 6.35. The molecule has 1 amide bonds. The molecule has 0 bridgehead atoms. The van der Waals surface area contributed by atoms with E-state index in [9.17, 15) is 4.79 Å². The molecule has 1 aromatic carbocycles. The molecule has 2 heterocycles. The Hall–Kier alpha value is -1.01. The number of piperidine rings is 1. The largest absolute Gasteiger partial charge is 0.479 e. The van der Waals surface area contributed by atoms with Gasteiger partial charge in [-0.2, -0.15) is 0 Å². The maximum Gasteiger partial charge on any atom is 0.263 e. The van der Waals surface area contributed by atoms with Crippen LogP contribution in [0.25, 0.3) is 0 Å². The Balaban J connectivity index is 1.57. The Morgan fingerprint density at radius 1 is 1.26 bits per heavy atom. The fraction of sp³-hybridized carbons (Fsp3) is 0.562. The first-order valence-electron chi connectivity index (χ1n) is 7.67. The number of ether oxygens (including phenoxy) is 3. The summed E-state index contributed by atoms with van der Waals surface area (Å²) in [7, 11) is 0. The molecule has 2 aliphatic rings. The maximum atomic E-state index is 12.5. The molecule has 0 radical (unpaired) electrons. The van der Waals surface area contributed by atoms with Crippen molar-refractivity contribution in [1.29, 1.82) is 0 Å². The summed E-state index contributed by atoms with van der Waals surface area (Å²) in [5.74, 6) is -0.0999. The average molecular weight is 360 g/mol. The van der Waals surface area contributed by atoms with Crippen LogP contribution in [0.15, 0.2) is 18.2 Å². The molecule has 1 atom stereocenters. The summed E-state index contributed by atoms with van der Waals surface area (Å²) in [4.78, 5) is 14.3. The van der Waals surface area contributed by atoms with Gasteiger partial charge in [-0.15, -0.1) is 0 Å². The van der Waals surface area contributed by atoms with Crippen molar-refractivity contribution in [3.05, 3.63) is 28.2 Å².